The average molecular weight is 467 g/mol. The zero-order valence-corrected chi connectivity index (χ0v) is 18.0. The Kier molecular flexibility index (Phi) is 5.91. The highest BCUT2D eigenvalue weighted by molar-refractivity contribution is 6.40. The van der Waals surface area contributed by atoms with Crippen molar-refractivity contribution in [3.63, 3.8) is 0 Å². The van der Waals surface area contributed by atoms with Gasteiger partial charge in [0.15, 0.2) is 0 Å². The van der Waals surface area contributed by atoms with Crippen molar-refractivity contribution in [1.29, 1.82) is 0 Å². The first kappa shape index (κ1) is 21.0. The van der Waals surface area contributed by atoms with Crippen LogP contribution in [0.15, 0.2) is 47.6 Å². The van der Waals surface area contributed by atoms with Crippen molar-refractivity contribution in [2.24, 2.45) is 5.10 Å². The number of anilines is 1. The van der Waals surface area contributed by atoms with Crippen molar-refractivity contribution in [1.82, 2.24) is 4.90 Å². The zero-order valence-electron chi connectivity index (χ0n) is 15.8. The minimum Gasteiger partial charge on any atom is -0.480 e. The molecule has 2 heterocycles. The minimum atomic E-state index is -0.994. The molecule has 156 valence electrons. The molecule has 1 unspecified atom stereocenters. The van der Waals surface area contributed by atoms with Crippen LogP contribution < -0.4 is 5.01 Å². The smallest absolute Gasteiger partial charge is 0.326 e. The summed E-state index contributed by atoms with van der Waals surface area (Å²) < 4.78 is 0. The molecule has 2 aliphatic heterocycles. The van der Waals surface area contributed by atoms with Gasteiger partial charge in [-0.1, -0.05) is 46.9 Å². The number of nitrogens with zero attached hydrogens (tertiary/aromatic N) is 3. The molecular weight excluding hydrogens is 449 g/mol. The van der Waals surface area contributed by atoms with E-state index in [2.05, 4.69) is 5.10 Å². The SMILES string of the molecule is O=C(O)[C@@H]1CCCN1C(=O)C1=NN(c2ccc(Cl)cc2Cl)C(c2ccc(Cl)cc2)C1. The number of carbonyl (C=O) groups is 2. The van der Waals surface area contributed by atoms with Gasteiger partial charge >= 0.3 is 5.97 Å². The van der Waals surface area contributed by atoms with Crippen LogP contribution in [-0.2, 0) is 9.59 Å². The number of likely N-dealkylation sites (tertiary alicyclic amines) is 1. The van der Waals surface area contributed by atoms with Crippen LogP contribution in [0.25, 0.3) is 0 Å². The standard InChI is InChI=1S/C21H18Cl3N3O3/c22-13-5-3-12(4-6-13)19-11-16(20(28)26-9-1-2-18(26)21(29)30)25-27(19)17-8-7-14(23)10-15(17)24/h3-8,10,18-19H,1-2,9,11H2,(H,29,30)/t18-,19?/m0/s1. The summed E-state index contributed by atoms with van der Waals surface area (Å²) >= 11 is 18.5. The van der Waals surface area contributed by atoms with Crippen molar-refractivity contribution < 1.29 is 14.7 Å². The Morgan fingerprint density at radius 2 is 1.73 bits per heavy atom. The molecule has 2 atom stereocenters. The highest BCUT2D eigenvalue weighted by Gasteiger charge is 2.40. The summed E-state index contributed by atoms with van der Waals surface area (Å²) in [6.45, 7) is 0.405. The van der Waals surface area contributed by atoms with Crippen LogP contribution >= 0.6 is 34.8 Å². The molecule has 0 aromatic heterocycles. The van der Waals surface area contributed by atoms with Gasteiger partial charge in [-0.05, 0) is 48.7 Å². The first-order valence-electron chi connectivity index (χ1n) is 9.46. The molecule has 6 nitrogen and oxygen atoms in total. The van der Waals surface area contributed by atoms with Crippen LogP contribution in [-0.4, -0.2) is 40.2 Å². The second-order valence-electron chi connectivity index (χ2n) is 7.25. The van der Waals surface area contributed by atoms with E-state index >= 15 is 0 Å². The fourth-order valence-electron chi connectivity index (χ4n) is 3.91. The second-order valence-corrected chi connectivity index (χ2v) is 8.53. The van der Waals surface area contributed by atoms with E-state index < -0.39 is 12.0 Å². The molecule has 1 amide bonds. The molecule has 2 aliphatic rings. The predicted octanol–water partition coefficient (Wildman–Crippen LogP) is 5.03. The number of hydrogen-bond donors (Lipinski definition) is 1. The summed E-state index contributed by atoms with van der Waals surface area (Å²) in [7, 11) is 0. The number of carboxylic acids is 1. The maximum Gasteiger partial charge on any atom is 0.326 e. The van der Waals surface area contributed by atoms with E-state index in [1.54, 1.807) is 35.3 Å². The highest BCUT2D eigenvalue weighted by atomic mass is 35.5. The monoisotopic (exact) mass is 465 g/mol. The summed E-state index contributed by atoms with van der Waals surface area (Å²) in [6, 6.07) is 11.3. The van der Waals surface area contributed by atoms with E-state index in [1.807, 2.05) is 12.1 Å². The van der Waals surface area contributed by atoms with Crippen LogP contribution in [0.5, 0.6) is 0 Å². The van der Waals surface area contributed by atoms with E-state index in [-0.39, 0.29) is 11.9 Å². The second kappa shape index (κ2) is 8.46. The van der Waals surface area contributed by atoms with Gasteiger partial charge in [-0.15, -0.1) is 0 Å². The molecule has 1 N–H and O–H groups in total. The first-order chi connectivity index (χ1) is 14.3. The Morgan fingerprint density at radius 3 is 2.40 bits per heavy atom. The molecule has 2 aromatic rings. The fourth-order valence-corrected chi connectivity index (χ4v) is 4.53. The van der Waals surface area contributed by atoms with Gasteiger partial charge < -0.3 is 10.0 Å². The van der Waals surface area contributed by atoms with Crippen molar-refractivity contribution in [3.8, 4) is 0 Å². The molecule has 4 rings (SSSR count). The molecule has 0 spiro atoms. The lowest BCUT2D eigenvalue weighted by atomic mass is 10.0. The largest absolute Gasteiger partial charge is 0.480 e. The molecular formula is C21H18Cl3N3O3. The van der Waals surface area contributed by atoms with Gasteiger partial charge in [0, 0.05) is 23.0 Å². The summed E-state index contributed by atoms with van der Waals surface area (Å²) in [5, 5.41) is 17.2. The van der Waals surface area contributed by atoms with Gasteiger partial charge in [0.05, 0.1) is 16.8 Å². The van der Waals surface area contributed by atoms with Crippen LogP contribution in [0.1, 0.15) is 30.9 Å². The summed E-state index contributed by atoms with van der Waals surface area (Å²) in [6.07, 6.45) is 1.42. The molecule has 2 aromatic carbocycles. The van der Waals surface area contributed by atoms with Crippen molar-refractivity contribution in [2.45, 2.75) is 31.3 Å². The third kappa shape index (κ3) is 4.00. The van der Waals surface area contributed by atoms with Crippen molar-refractivity contribution >= 4 is 58.1 Å². The Hall–Kier alpha value is -2.28. The van der Waals surface area contributed by atoms with Crippen molar-refractivity contribution in [3.05, 3.63) is 63.1 Å². The lowest BCUT2D eigenvalue weighted by molar-refractivity contribution is -0.146. The normalized spacial score (nSPS) is 21.1. The quantitative estimate of drug-likeness (QED) is 0.686. The maximum absolute atomic E-state index is 13.1. The maximum atomic E-state index is 13.1. The Labute approximate surface area is 188 Å². The first-order valence-corrected chi connectivity index (χ1v) is 10.6. The number of hydrogen-bond acceptors (Lipinski definition) is 4. The molecule has 0 bridgehead atoms. The lowest BCUT2D eigenvalue weighted by Gasteiger charge is -2.25. The van der Waals surface area contributed by atoms with Gasteiger partial charge in [0.2, 0.25) is 0 Å². The molecule has 9 heteroatoms. The minimum absolute atomic E-state index is 0.286. The number of aliphatic carboxylic acids is 1. The Morgan fingerprint density at radius 1 is 1.03 bits per heavy atom. The zero-order chi connectivity index (χ0) is 21.4. The number of benzene rings is 2. The fraction of sp³-hybridized carbons (Fsp3) is 0.286. The summed E-state index contributed by atoms with van der Waals surface area (Å²) in [5.41, 5.74) is 1.82. The molecule has 0 saturated carbocycles. The van der Waals surface area contributed by atoms with Gasteiger partial charge in [0.1, 0.15) is 11.8 Å². The Balaban J connectivity index is 1.71. The average Bonchev–Trinajstić information content (AvgIpc) is 3.36. The van der Waals surface area contributed by atoms with Crippen LogP contribution in [0.3, 0.4) is 0 Å². The van der Waals surface area contributed by atoms with Gasteiger partial charge in [0.25, 0.3) is 5.91 Å². The van der Waals surface area contributed by atoms with Crippen LogP contribution in [0, 0.1) is 0 Å². The summed E-state index contributed by atoms with van der Waals surface area (Å²) in [4.78, 5) is 26.1. The number of carboxylic acid groups (broad SMARTS) is 1. The molecule has 0 aliphatic carbocycles. The summed E-state index contributed by atoms with van der Waals surface area (Å²) in [5.74, 6) is -1.35. The lowest BCUT2D eigenvalue weighted by Crippen LogP contribution is -2.43. The number of amides is 1. The number of hydrazone groups is 1. The number of rotatable bonds is 4. The molecule has 0 radical (unpaired) electrons. The third-order valence-electron chi connectivity index (χ3n) is 5.37. The molecule has 1 saturated heterocycles. The topological polar surface area (TPSA) is 73.2 Å². The van der Waals surface area contributed by atoms with Gasteiger partial charge in [-0.2, -0.15) is 5.10 Å². The molecule has 1 fully saturated rings. The Bertz CT molecular complexity index is 1030. The van der Waals surface area contributed by atoms with E-state index in [0.717, 1.165) is 5.56 Å². The van der Waals surface area contributed by atoms with E-state index in [9.17, 15) is 14.7 Å². The van der Waals surface area contributed by atoms with E-state index in [0.29, 0.717) is 52.3 Å². The van der Waals surface area contributed by atoms with E-state index in [1.165, 1.54) is 4.90 Å². The molecule has 30 heavy (non-hydrogen) atoms. The van der Waals surface area contributed by atoms with E-state index in [4.69, 9.17) is 34.8 Å². The van der Waals surface area contributed by atoms with Crippen LogP contribution in [0.4, 0.5) is 5.69 Å². The third-order valence-corrected chi connectivity index (χ3v) is 6.16. The highest BCUT2D eigenvalue weighted by Crippen LogP contribution is 2.40. The predicted molar refractivity (Wildman–Crippen MR) is 118 cm³/mol. The number of halogens is 3. The van der Waals surface area contributed by atoms with Crippen molar-refractivity contribution in [2.75, 3.05) is 11.6 Å². The van der Waals surface area contributed by atoms with Gasteiger partial charge in [-0.25, -0.2) is 4.79 Å². The van der Waals surface area contributed by atoms with Crippen LogP contribution in [0.2, 0.25) is 15.1 Å². The van der Waals surface area contributed by atoms with Gasteiger partial charge in [-0.3, -0.25) is 9.80 Å². The number of carbonyl (C=O) groups excluding carboxylic acids is 1.